The zero-order valence-corrected chi connectivity index (χ0v) is 13.9. The van der Waals surface area contributed by atoms with Crippen molar-refractivity contribution in [2.75, 3.05) is 0 Å². The highest BCUT2D eigenvalue weighted by atomic mass is 35.5. The number of carbonyl (C=O) groups excluding carboxylic acids is 2. The van der Waals surface area contributed by atoms with Gasteiger partial charge in [-0.2, -0.15) is 0 Å². The average Bonchev–Trinajstić information content (AvgIpc) is 3.41. The Hall–Kier alpha value is -2.33. The molecule has 0 spiro atoms. The number of amides is 2. The van der Waals surface area contributed by atoms with Crippen LogP contribution < -0.4 is 10.6 Å². The molecule has 2 aromatic carbocycles. The lowest BCUT2D eigenvalue weighted by Crippen LogP contribution is -2.29. The summed E-state index contributed by atoms with van der Waals surface area (Å²) in [6.07, 6.45) is 0.618. The van der Waals surface area contributed by atoms with Crippen molar-refractivity contribution in [2.24, 2.45) is 11.8 Å². The average molecular weight is 343 g/mol. The molecule has 0 aromatic heterocycles. The second kappa shape index (κ2) is 7.49. The Kier molecular flexibility index (Phi) is 5.16. The molecule has 0 bridgehead atoms. The van der Waals surface area contributed by atoms with Crippen molar-refractivity contribution < 1.29 is 9.59 Å². The van der Waals surface area contributed by atoms with Crippen LogP contribution in [0.5, 0.6) is 0 Å². The fraction of sp³-hybridized carbons (Fsp3) is 0.263. The van der Waals surface area contributed by atoms with Gasteiger partial charge in [-0.15, -0.1) is 0 Å². The highest BCUT2D eigenvalue weighted by molar-refractivity contribution is 6.30. The molecule has 2 aromatic rings. The van der Waals surface area contributed by atoms with Gasteiger partial charge in [0, 0.05) is 18.1 Å². The summed E-state index contributed by atoms with van der Waals surface area (Å²) < 4.78 is 0. The fourth-order valence-electron chi connectivity index (χ4n) is 2.61. The van der Waals surface area contributed by atoms with Crippen molar-refractivity contribution in [1.82, 2.24) is 10.6 Å². The number of halogens is 1. The molecule has 2 atom stereocenters. The first-order chi connectivity index (χ1) is 11.6. The predicted octanol–water partition coefficient (Wildman–Crippen LogP) is 2.91. The number of nitrogens with one attached hydrogen (secondary N) is 2. The lowest BCUT2D eigenvalue weighted by atomic mass is 10.2. The van der Waals surface area contributed by atoms with E-state index in [0.29, 0.717) is 24.5 Å². The molecule has 124 valence electrons. The third kappa shape index (κ3) is 4.36. The maximum atomic E-state index is 12.1. The van der Waals surface area contributed by atoms with E-state index >= 15 is 0 Å². The molecule has 0 saturated heterocycles. The maximum Gasteiger partial charge on any atom is 0.224 e. The van der Waals surface area contributed by atoms with Crippen molar-refractivity contribution in [3.05, 3.63) is 70.7 Å². The van der Waals surface area contributed by atoms with Gasteiger partial charge in [0.2, 0.25) is 11.8 Å². The molecule has 0 heterocycles. The van der Waals surface area contributed by atoms with Gasteiger partial charge < -0.3 is 10.6 Å². The molecule has 3 rings (SSSR count). The first-order valence-corrected chi connectivity index (χ1v) is 8.35. The fourth-order valence-corrected chi connectivity index (χ4v) is 2.74. The third-order valence-electron chi connectivity index (χ3n) is 4.15. The van der Waals surface area contributed by atoms with Gasteiger partial charge in [-0.25, -0.2) is 0 Å². The van der Waals surface area contributed by atoms with Gasteiger partial charge in [-0.3, -0.25) is 9.59 Å². The summed E-state index contributed by atoms with van der Waals surface area (Å²) in [7, 11) is 0. The molecule has 2 N–H and O–H groups in total. The van der Waals surface area contributed by atoms with Crippen molar-refractivity contribution in [3.63, 3.8) is 0 Å². The SMILES string of the molecule is O=C(NCc1ccccc1)C1CC1C(=O)NCc1ccc(Cl)cc1. The Balaban J connectivity index is 1.41. The van der Waals surface area contributed by atoms with Crippen molar-refractivity contribution >= 4 is 23.4 Å². The molecule has 4 nitrogen and oxygen atoms in total. The van der Waals surface area contributed by atoms with E-state index < -0.39 is 0 Å². The molecule has 1 aliphatic rings. The van der Waals surface area contributed by atoms with Crippen LogP contribution >= 0.6 is 11.6 Å². The number of benzene rings is 2. The summed E-state index contributed by atoms with van der Waals surface area (Å²) in [4.78, 5) is 24.2. The highest BCUT2D eigenvalue weighted by Gasteiger charge is 2.47. The second-order valence-electron chi connectivity index (χ2n) is 6.00. The van der Waals surface area contributed by atoms with Crippen molar-refractivity contribution in [2.45, 2.75) is 19.5 Å². The van der Waals surface area contributed by atoms with Gasteiger partial charge in [-0.05, 0) is 29.7 Å². The van der Waals surface area contributed by atoms with E-state index in [0.717, 1.165) is 11.1 Å². The minimum absolute atomic E-state index is 0.0505. The van der Waals surface area contributed by atoms with E-state index in [4.69, 9.17) is 11.6 Å². The van der Waals surface area contributed by atoms with Crippen LogP contribution in [0.25, 0.3) is 0 Å². The summed E-state index contributed by atoms with van der Waals surface area (Å²) >= 11 is 5.83. The lowest BCUT2D eigenvalue weighted by molar-refractivity contribution is -0.127. The molecule has 1 saturated carbocycles. The highest BCUT2D eigenvalue weighted by Crippen LogP contribution is 2.38. The molecule has 2 amide bonds. The van der Waals surface area contributed by atoms with Crippen LogP contribution in [-0.4, -0.2) is 11.8 Å². The van der Waals surface area contributed by atoms with Gasteiger partial charge in [0.15, 0.2) is 0 Å². The predicted molar refractivity (Wildman–Crippen MR) is 93.2 cm³/mol. The molecule has 1 fully saturated rings. The quantitative estimate of drug-likeness (QED) is 0.848. The van der Waals surface area contributed by atoms with Crippen molar-refractivity contribution in [1.29, 1.82) is 0 Å². The van der Waals surface area contributed by atoms with Crippen LogP contribution in [0, 0.1) is 11.8 Å². The number of rotatable bonds is 6. The van der Waals surface area contributed by atoms with Gasteiger partial charge >= 0.3 is 0 Å². The van der Waals surface area contributed by atoms with Crippen LogP contribution in [-0.2, 0) is 22.7 Å². The van der Waals surface area contributed by atoms with Gasteiger partial charge in [0.25, 0.3) is 0 Å². The summed E-state index contributed by atoms with van der Waals surface area (Å²) in [6.45, 7) is 0.945. The monoisotopic (exact) mass is 342 g/mol. The van der Waals surface area contributed by atoms with Crippen LogP contribution in [0.3, 0.4) is 0 Å². The Bertz CT molecular complexity index is 716. The molecule has 2 unspecified atom stereocenters. The minimum atomic E-state index is -0.215. The zero-order chi connectivity index (χ0) is 16.9. The number of carbonyl (C=O) groups is 2. The van der Waals surface area contributed by atoms with E-state index in [1.165, 1.54) is 0 Å². The summed E-state index contributed by atoms with van der Waals surface area (Å²) in [5.74, 6) is -0.540. The Labute approximate surface area is 146 Å². The Morgan fingerprint density at radius 1 is 0.833 bits per heavy atom. The maximum absolute atomic E-state index is 12.1. The lowest BCUT2D eigenvalue weighted by Gasteiger charge is -2.06. The smallest absolute Gasteiger partial charge is 0.224 e. The zero-order valence-electron chi connectivity index (χ0n) is 13.2. The Morgan fingerprint density at radius 3 is 1.88 bits per heavy atom. The number of hydrogen-bond donors (Lipinski definition) is 2. The number of hydrogen-bond acceptors (Lipinski definition) is 2. The molecular weight excluding hydrogens is 324 g/mol. The summed E-state index contributed by atoms with van der Waals surface area (Å²) in [5.41, 5.74) is 2.04. The normalized spacial score (nSPS) is 18.7. The molecular formula is C19H19ClN2O2. The molecule has 24 heavy (non-hydrogen) atoms. The van der Waals surface area contributed by atoms with Crippen LogP contribution in [0.15, 0.2) is 54.6 Å². The first kappa shape index (κ1) is 16.5. The van der Waals surface area contributed by atoms with Gasteiger partial charge in [0.05, 0.1) is 11.8 Å². The largest absolute Gasteiger partial charge is 0.352 e. The van der Waals surface area contributed by atoms with Gasteiger partial charge in [0.1, 0.15) is 0 Å². The van der Waals surface area contributed by atoms with Crippen molar-refractivity contribution in [3.8, 4) is 0 Å². The molecule has 5 heteroatoms. The second-order valence-corrected chi connectivity index (χ2v) is 6.43. The standard InChI is InChI=1S/C19H19ClN2O2/c20-15-8-6-14(7-9-15)12-22-19(24)17-10-16(17)18(23)21-11-13-4-2-1-3-5-13/h1-9,16-17H,10-12H2,(H,21,23)(H,22,24). The first-order valence-electron chi connectivity index (χ1n) is 7.97. The van der Waals surface area contributed by atoms with Crippen LogP contribution in [0.1, 0.15) is 17.5 Å². The molecule has 0 radical (unpaired) electrons. The Morgan fingerprint density at radius 2 is 1.33 bits per heavy atom. The van der Waals surface area contributed by atoms with E-state index in [2.05, 4.69) is 10.6 Å². The molecule has 0 aliphatic heterocycles. The van der Waals surface area contributed by atoms with Crippen LogP contribution in [0.4, 0.5) is 0 Å². The van der Waals surface area contributed by atoms with E-state index in [9.17, 15) is 9.59 Å². The third-order valence-corrected chi connectivity index (χ3v) is 4.41. The van der Waals surface area contributed by atoms with E-state index in [-0.39, 0.29) is 23.7 Å². The summed E-state index contributed by atoms with van der Waals surface area (Å²) in [6, 6.07) is 17.1. The van der Waals surface area contributed by atoms with Crippen LogP contribution in [0.2, 0.25) is 5.02 Å². The van der Waals surface area contributed by atoms with Gasteiger partial charge in [-0.1, -0.05) is 54.1 Å². The molecule has 1 aliphatic carbocycles. The summed E-state index contributed by atoms with van der Waals surface area (Å²) in [5, 5.41) is 6.44. The van der Waals surface area contributed by atoms with E-state index in [1.807, 2.05) is 42.5 Å². The topological polar surface area (TPSA) is 58.2 Å². The minimum Gasteiger partial charge on any atom is -0.352 e. The van der Waals surface area contributed by atoms with E-state index in [1.54, 1.807) is 12.1 Å².